The molecular weight excluding hydrogens is 451 g/mol. The van der Waals surface area contributed by atoms with E-state index in [0.717, 1.165) is 12.1 Å². The van der Waals surface area contributed by atoms with Crippen LogP contribution in [0.2, 0.25) is 0 Å². The number of rotatable bonds is 6. The smallest absolute Gasteiger partial charge is 0.344 e. The van der Waals surface area contributed by atoms with Gasteiger partial charge >= 0.3 is 6.18 Å². The van der Waals surface area contributed by atoms with Crippen LogP contribution in [0, 0.1) is 11.8 Å². The van der Waals surface area contributed by atoms with Gasteiger partial charge in [-0.05, 0) is 36.2 Å². The van der Waals surface area contributed by atoms with Crippen molar-refractivity contribution in [3.8, 4) is 11.4 Å². The van der Waals surface area contributed by atoms with Crippen molar-refractivity contribution in [1.29, 1.82) is 0 Å². The van der Waals surface area contributed by atoms with E-state index in [1.807, 2.05) is 13.8 Å². The van der Waals surface area contributed by atoms with Crippen molar-refractivity contribution in [2.24, 2.45) is 11.8 Å². The average Bonchev–Trinajstić information content (AvgIpc) is 3.44. The topological polar surface area (TPSA) is 101 Å². The fourth-order valence-electron chi connectivity index (χ4n) is 3.74. The van der Waals surface area contributed by atoms with Gasteiger partial charge in [0.05, 0.1) is 11.5 Å². The lowest BCUT2D eigenvalue weighted by Gasteiger charge is -2.21. The van der Waals surface area contributed by atoms with Gasteiger partial charge in [-0.2, -0.15) is 18.2 Å². The van der Waals surface area contributed by atoms with Crippen LogP contribution in [0.3, 0.4) is 0 Å². The van der Waals surface area contributed by atoms with E-state index in [-0.39, 0.29) is 30.5 Å². The summed E-state index contributed by atoms with van der Waals surface area (Å²) in [4.78, 5) is 35.1. The number of carbonyl (C=O) groups is 2. The summed E-state index contributed by atoms with van der Waals surface area (Å²) in [6.07, 6.45) is -1.44. The van der Waals surface area contributed by atoms with E-state index in [4.69, 9.17) is 4.52 Å². The second kappa shape index (κ2) is 9.24. The standard InChI is InChI=1S/C23H22F3N5O3/c1-13(2)19(22-29-20(30-34-22)14-5-4-8-27-11-14)28-21(33)15-9-18(32)31(12-15)17-7-3-6-16(10-17)23(24,25)26/h3-8,10-11,13,15,19H,9,12H2,1-2H3,(H,28,33). The van der Waals surface area contributed by atoms with Crippen LogP contribution in [0.4, 0.5) is 18.9 Å². The molecule has 1 aliphatic heterocycles. The average molecular weight is 473 g/mol. The van der Waals surface area contributed by atoms with E-state index in [9.17, 15) is 22.8 Å². The molecule has 1 fully saturated rings. The Hall–Kier alpha value is -3.76. The second-order valence-electron chi connectivity index (χ2n) is 8.38. The highest BCUT2D eigenvalue weighted by atomic mass is 19.4. The molecule has 1 aromatic carbocycles. The number of halogens is 3. The van der Waals surface area contributed by atoms with Gasteiger partial charge in [0.2, 0.25) is 23.5 Å². The highest BCUT2D eigenvalue weighted by Crippen LogP contribution is 2.34. The monoisotopic (exact) mass is 473 g/mol. The Bertz CT molecular complexity index is 1180. The summed E-state index contributed by atoms with van der Waals surface area (Å²) in [6, 6.07) is 7.41. The first-order valence-corrected chi connectivity index (χ1v) is 10.7. The molecule has 1 N–H and O–H groups in total. The summed E-state index contributed by atoms with van der Waals surface area (Å²) in [5.74, 6) is -1.14. The van der Waals surface area contributed by atoms with Gasteiger partial charge in [-0.15, -0.1) is 0 Å². The maximum Gasteiger partial charge on any atom is 0.416 e. The molecule has 2 unspecified atom stereocenters. The van der Waals surface area contributed by atoms with Crippen molar-refractivity contribution in [3.63, 3.8) is 0 Å². The number of pyridine rings is 1. The predicted molar refractivity (Wildman–Crippen MR) is 115 cm³/mol. The van der Waals surface area contributed by atoms with Gasteiger partial charge in [-0.1, -0.05) is 25.1 Å². The van der Waals surface area contributed by atoms with Crippen molar-refractivity contribution in [2.75, 3.05) is 11.4 Å². The van der Waals surface area contributed by atoms with Gasteiger partial charge in [-0.25, -0.2) is 0 Å². The molecule has 0 saturated carbocycles. The molecule has 1 aliphatic rings. The van der Waals surface area contributed by atoms with Gasteiger partial charge in [0.25, 0.3) is 0 Å². The van der Waals surface area contributed by atoms with E-state index >= 15 is 0 Å². The van der Waals surface area contributed by atoms with E-state index in [0.29, 0.717) is 11.4 Å². The second-order valence-corrected chi connectivity index (χ2v) is 8.38. The highest BCUT2D eigenvalue weighted by Gasteiger charge is 2.38. The molecule has 3 heterocycles. The number of hydrogen-bond donors (Lipinski definition) is 1. The molecule has 11 heteroatoms. The van der Waals surface area contributed by atoms with Gasteiger partial charge < -0.3 is 14.7 Å². The molecular formula is C23H22F3N5O3. The number of anilines is 1. The van der Waals surface area contributed by atoms with Crippen molar-refractivity contribution in [1.82, 2.24) is 20.4 Å². The van der Waals surface area contributed by atoms with E-state index < -0.39 is 35.5 Å². The molecule has 0 spiro atoms. The van der Waals surface area contributed by atoms with Crippen LogP contribution < -0.4 is 10.2 Å². The zero-order valence-electron chi connectivity index (χ0n) is 18.4. The fraction of sp³-hybridized carbons (Fsp3) is 0.348. The largest absolute Gasteiger partial charge is 0.416 e. The Morgan fingerprint density at radius 1 is 1.24 bits per heavy atom. The molecule has 4 rings (SSSR count). The van der Waals surface area contributed by atoms with E-state index in [2.05, 4.69) is 20.4 Å². The normalized spacial score (nSPS) is 17.3. The lowest BCUT2D eigenvalue weighted by molar-refractivity contribution is -0.137. The molecule has 0 bridgehead atoms. The molecule has 2 amide bonds. The number of benzene rings is 1. The maximum absolute atomic E-state index is 13.1. The maximum atomic E-state index is 13.1. The van der Waals surface area contributed by atoms with E-state index in [1.165, 1.54) is 17.0 Å². The third kappa shape index (κ3) is 4.92. The first kappa shape index (κ1) is 23.4. The third-order valence-corrected chi connectivity index (χ3v) is 5.57. The van der Waals surface area contributed by atoms with E-state index in [1.54, 1.807) is 24.5 Å². The zero-order valence-corrected chi connectivity index (χ0v) is 18.4. The number of nitrogens with zero attached hydrogens (tertiary/aromatic N) is 4. The Morgan fingerprint density at radius 3 is 2.71 bits per heavy atom. The molecule has 3 aromatic rings. The van der Waals surface area contributed by atoms with Crippen LogP contribution in [-0.2, 0) is 15.8 Å². The van der Waals surface area contributed by atoms with Gasteiger partial charge in [-0.3, -0.25) is 14.6 Å². The summed E-state index contributed by atoms with van der Waals surface area (Å²) in [5.41, 5.74) is -0.0932. The van der Waals surface area contributed by atoms with Crippen LogP contribution in [0.5, 0.6) is 0 Å². The van der Waals surface area contributed by atoms with Gasteiger partial charge in [0.15, 0.2) is 0 Å². The van der Waals surface area contributed by atoms with Gasteiger partial charge in [0, 0.05) is 36.6 Å². The Kier molecular flexibility index (Phi) is 6.36. The number of carbonyl (C=O) groups excluding carboxylic acids is 2. The van der Waals surface area contributed by atoms with Crippen molar-refractivity contribution >= 4 is 17.5 Å². The first-order valence-electron chi connectivity index (χ1n) is 10.7. The summed E-state index contributed by atoms with van der Waals surface area (Å²) >= 11 is 0. The van der Waals surface area contributed by atoms with Crippen molar-refractivity contribution < 1.29 is 27.3 Å². The molecule has 0 radical (unpaired) electrons. The first-order chi connectivity index (χ1) is 16.1. The van der Waals surface area contributed by atoms with Crippen LogP contribution in [0.25, 0.3) is 11.4 Å². The number of amides is 2. The van der Waals surface area contributed by atoms with Crippen molar-refractivity contribution in [2.45, 2.75) is 32.5 Å². The SMILES string of the molecule is CC(C)C(NC(=O)C1CC(=O)N(c2cccc(C(F)(F)F)c2)C1)c1nc(-c2cccnc2)no1. The number of aromatic nitrogens is 3. The molecule has 8 nitrogen and oxygen atoms in total. The fourth-order valence-corrected chi connectivity index (χ4v) is 3.74. The quantitative estimate of drug-likeness (QED) is 0.581. The molecule has 178 valence electrons. The lowest BCUT2D eigenvalue weighted by atomic mass is 10.0. The Morgan fingerprint density at radius 2 is 2.03 bits per heavy atom. The number of nitrogens with one attached hydrogen (secondary N) is 1. The minimum absolute atomic E-state index is 0.0262. The van der Waals surface area contributed by atoms with Gasteiger partial charge in [0.1, 0.15) is 6.04 Å². The molecule has 34 heavy (non-hydrogen) atoms. The molecule has 2 atom stereocenters. The zero-order chi connectivity index (χ0) is 24.5. The summed E-state index contributed by atoms with van der Waals surface area (Å²) in [6.45, 7) is 3.71. The summed E-state index contributed by atoms with van der Waals surface area (Å²) in [5, 5.41) is 6.81. The highest BCUT2D eigenvalue weighted by molar-refractivity contribution is 6.00. The van der Waals surface area contributed by atoms with Crippen LogP contribution in [0.1, 0.15) is 37.8 Å². The predicted octanol–water partition coefficient (Wildman–Crippen LogP) is 4.02. The number of hydrogen-bond acceptors (Lipinski definition) is 6. The summed E-state index contributed by atoms with van der Waals surface area (Å²) in [7, 11) is 0. The Balaban J connectivity index is 1.48. The Labute approximate surface area is 193 Å². The van der Waals surface area contributed by atoms with Crippen LogP contribution >= 0.6 is 0 Å². The third-order valence-electron chi connectivity index (χ3n) is 5.57. The van der Waals surface area contributed by atoms with Crippen LogP contribution in [-0.4, -0.2) is 33.5 Å². The lowest BCUT2D eigenvalue weighted by Crippen LogP contribution is -2.37. The molecule has 1 saturated heterocycles. The molecule has 2 aromatic heterocycles. The van der Waals surface area contributed by atoms with Crippen molar-refractivity contribution in [3.05, 3.63) is 60.2 Å². The molecule has 0 aliphatic carbocycles. The minimum atomic E-state index is -4.53. The minimum Gasteiger partial charge on any atom is -0.344 e. The van der Waals surface area contributed by atoms with Crippen LogP contribution in [0.15, 0.2) is 53.3 Å². The number of alkyl halides is 3. The summed E-state index contributed by atoms with van der Waals surface area (Å²) < 4.78 is 44.5.